The molecule has 0 radical (unpaired) electrons. The van der Waals surface area contributed by atoms with Crippen molar-refractivity contribution in [2.75, 3.05) is 15.8 Å². The lowest BCUT2D eigenvalue weighted by atomic mass is 10.1. The largest absolute Gasteiger partial charge is 0.392 e. The summed E-state index contributed by atoms with van der Waals surface area (Å²) in [5, 5.41) is 10.5. The number of rotatable bonds is 10. The highest BCUT2D eigenvalue weighted by Gasteiger charge is 2.31. The number of nitrogens with zero attached hydrogens (tertiary/aromatic N) is 1. The lowest BCUT2D eigenvalue weighted by Gasteiger charge is -2.32. The Bertz CT molecular complexity index is 1070. The van der Waals surface area contributed by atoms with Crippen LogP contribution in [0.15, 0.2) is 47.4 Å². The zero-order valence-electron chi connectivity index (χ0n) is 16.8. The van der Waals surface area contributed by atoms with Gasteiger partial charge in [-0.1, -0.05) is 36.2 Å². The molecule has 166 valence electrons. The summed E-state index contributed by atoms with van der Waals surface area (Å²) in [7, 11) is -7.20. The molecule has 0 saturated heterocycles. The summed E-state index contributed by atoms with van der Waals surface area (Å²) in [5.74, 6) is 0.0161. The Morgan fingerprint density at radius 1 is 1.00 bits per heavy atom. The van der Waals surface area contributed by atoms with Gasteiger partial charge in [0.2, 0.25) is 0 Å². The molecule has 2 aromatic carbocycles. The van der Waals surface area contributed by atoms with Crippen LogP contribution in [0.2, 0.25) is 10.0 Å². The van der Waals surface area contributed by atoms with E-state index in [0.29, 0.717) is 28.5 Å². The highest BCUT2D eigenvalue weighted by molar-refractivity contribution is 7.93. The third kappa shape index (κ3) is 6.11. The maximum atomic E-state index is 13.5. The summed E-state index contributed by atoms with van der Waals surface area (Å²) in [6.07, 6.45) is 0.614. The van der Waals surface area contributed by atoms with Gasteiger partial charge in [-0.3, -0.25) is 4.31 Å². The summed E-state index contributed by atoms with van der Waals surface area (Å²) in [6.45, 7) is 2.90. The summed E-state index contributed by atoms with van der Waals surface area (Å²) in [5.41, 5.74) is 0.649. The second kappa shape index (κ2) is 10.3. The smallest absolute Gasteiger partial charge is 0.264 e. The molecule has 0 heterocycles. The number of sulfone groups is 1. The number of aliphatic hydroxyl groups is 1. The van der Waals surface area contributed by atoms with Crippen molar-refractivity contribution in [3.63, 3.8) is 0 Å². The average Bonchev–Trinajstić information content (AvgIpc) is 2.68. The molecule has 2 rings (SSSR count). The summed E-state index contributed by atoms with van der Waals surface area (Å²) < 4.78 is 51.9. The van der Waals surface area contributed by atoms with E-state index in [0.717, 1.165) is 0 Å². The van der Waals surface area contributed by atoms with Crippen molar-refractivity contribution < 1.29 is 21.9 Å². The molecule has 0 spiro atoms. The fourth-order valence-corrected chi connectivity index (χ4v) is 5.96. The van der Waals surface area contributed by atoms with Crippen molar-refractivity contribution in [1.82, 2.24) is 0 Å². The Hall–Kier alpha value is -1.32. The first-order chi connectivity index (χ1) is 14.0. The Kier molecular flexibility index (Phi) is 8.59. The van der Waals surface area contributed by atoms with Gasteiger partial charge in [-0.05, 0) is 56.2 Å². The van der Waals surface area contributed by atoms with Crippen LogP contribution in [0.4, 0.5) is 5.69 Å². The SMILES string of the molecule is CCS(=O)(=O)CCC[C@H](C)N(c1cc(Cl)ccc1CO)S(=O)(=O)c1ccc(Cl)cc1. The van der Waals surface area contributed by atoms with Gasteiger partial charge in [0.1, 0.15) is 9.84 Å². The highest BCUT2D eigenvalue weighted by Crippen LogP contribution is 2.33. The van der Waals surface area contributed by atoms with Crippen LogP contribution in [0.5, 0.6) is 0 Å². The number of halogens is 2. The molecule has 1 atom stereocenters. The van der Waals surface area contributed by atoms with Crippen molar-refractivity contribution in [2.24, 2.45) is 0 Å². The van der Waals surface area contributed by atoms with E-state index in [1.54, 1.807) is 26.0 Å². The molecule has 0 aliphatic carbocycles. The first kappa shape index (κ1) is 24.9. The number of hydrogen-bond acceptors (Lipinski definition) is 5. The summed E-state index contributed by atoms with van der Waals surface area (Å²) in [6, 6.07) is 9.82. The van der Waals surface area contributed by atoms with E-state index >= 15 is 0 Å². The van der Waals surface area contributed by atoms with Gasteiger partial charge in [0, 0.05) is 27.4 Å². The van der Waals surface area contributed by atoms with Crippen LogP contribution >= 0.6 is 23.2 Å². The molecule has 0 aliphatic rings. The van der Waals surface area contributed by atoms with Gasteiger partial charge in [-0.2, -0.15) is 0 Å². The van der Waals surface area contributed by atoms with Crippen LogP contribution in [0.25, 0.3) is 0 Å². The third-order valence-electron chi connectivity index (χ3n) is 4.74. The molecular weight excluding hydrogens is 469 g/mol. The number of benzene rings is 2. The number of aliphatic hydroxyl groups excluding tert-OH is 1. The van der Waals surface area contributed by atoms with Crippen molar-refractivity contribution in [1.29, 1.82) is 0 Å². The zero-order chi connectivity index (χ0) is 22.5. The number of hydrogen-bond donors (Lipinski definition) is 1. The van der Waals surface area contributed by atoms with Crippen LogP contribution in [0, 0.1) is 0 Å². The van der Waals surface area contributed by atoms with Crippen molar-refractivity contribution in [3.05, 3.63) is 58.1 Å². The fourth-order valence-electron chi connectivity index (χ4n) is 3.06. The lowest BCUT2D eigenvalue weighted by molar-refractivity contribution is 0.282. The molecule has 2 aromatic rings. The van der Waals surface area contributed by atoms with Crippen LogP contribution in [-0.4, -0.2) is 39.5 Å². The van der Waals surface area contributed by atoms with Crippen LogP contribution in [0.3, 0.4) is 0 Å². The number of sulfonamides is 1. The molecule has 6 nitrogen and oxygen atoms in total. The van der Waals surface area contributed by atoms with Gasteiger partial charge < -0.3 is 5.11 Å². The molecular formula is C20H25Cl2NO5S2. The first-order valence-corrected chi connectivity index (χ1v) is 13.4. The van der Waals surface area contributed by atoms with Gasteiger partial charge in [0.05, 0.1) is 22.9 Å². The molecule has 0 unspecified atom stereocenters. The number of anilines is 1. The van der Waals surface area contributed by atoms with Gasteiger partial charge in [-0.15, -0.1) is 0 Å². The van der Waals surface area contributed by atoms with Crippen molar-refractivity contribution in [2.45, 2.75) is 44.2 Å². The first-order valence-electron chi connectivity index (χ1n) is 9.41. The van der Waals surface area contributed by atoms with Crippen LogP contribution in [0.1, 0.15) is 32.3 Å². The summed E-state index contributed by atoms with van der Waals surface area (Å²) in [4.78, 5) is 0.0313. The molecule has 1 N–H and O–H groups in total. The van der Waals surface area contributed by atoms with E-state index < -0.39 is 25.9 Å². The van der Waals surface area contributed by atoms with Crippen molar-refractivity contribution >= 4 is 48.7 Å². The second-order valence-electron chi connectivity index (χ2n) is 6.91. The Balaban J connectivity index is 2.50. The Labute approximate surface area is 188 Å². The minimum Gasteiger partial charge on any atom is -0.392 e. The second-order valence-corrected chi connectivity index (χ2v) is 12.1. The van der Waals surface area contributed by atoms with E-state index in [1.165, 1.54) is 34.6 Å². The quantitative estimate of drug-likeness (QED) is 0.532. The molecule has 0 saturated carbocycles. The minimum absolute atomic E-state index is 0.0227. The average molecular weight is 494 g/mol. The van der Waals surface area contributed by atoms with E-state index in [9.17, 15) is 21.9 Å². The lowest BCUT2D eigenvalue weighted by Crippen LogP contribution is -2.39. The summed E-state index contributed by atoms with van der Waals surface area (Å²) >= 11 is 12.0. The van der Waals surface area contributed by atoms with Crippen molar-refractivity contribution in [3.8, 4) is 0 Å². The third-order valence-corrected chi connectivity index (χ3v) is 8.96. The molecule has 0 amide bonds. The van der Waals surface area contributed by atoms with Gasteiger partial charge in [-0.25, -0.2) is 16.8 Å². The predicted molar refractivity (Wildman–Crippen MR) is 122 cm³/mol. The Morgan fingerprint density at radius 2 is 1.60 bits per heavy atom. The highest BCUT2D eigenvalue weighted by atomic mass is 35.5. The predicted octanol–water partition coefficient (Wildman–Crippen LogP) is 4.28. The topological polar surface area (TPSA) is 91.8 Å². The molecule has 30 heavy (non-hydrogen) atoms. The van der Waals surface area contributed by atoms with E-state index in [4.69, 9.17) is 23.2 Å². The van der Waals surface area contributed by atoms with Gasteiger partial charge in [0.25, 0.3) is 10.0 Å². The molecule has 0 aromatic heterocycles. The monoisotopic (exact) mass is 493 g/mol. The molecule has 0 bridgehead atoms. The maximum Gasteiger partial charge on any atom is 0.264 e. The van der Waals surface area contributed by atoms with Crippen LogP contribution < -0.4 is 4.31 Å². The standard InChI is InChI=1S/C20H25Cl2NO5S2/c1-3-29(25,26)12-4-5-15(2)23(20-13-18(22)7-6-16(20)14-24)30(27,28)19-10-8-17(21)9-11-19/h6-11,13,15,24H,3-5,12,14H2,1-2H3/t15-/m0/s1. The van der Waals surface area contributed by atoms with Gasteiger partial charge in [0.15, 0.2) is 0 Å². The fraction of sp³-hybridized carbons (Fsp3) is 0.400. The van der Waals surface area contributed by atoms with E-state index in [2.05, 4.69) is 0 Å². The van der Waals surface area contributed by atoms with Gasteiger partial charge >= 0.3 is 0 Å². The molecule has 0 aliphatic heterocycles. The molecule has 0 fully saturated rings. The normalized spacial score (nSPS) is 13.2. The maximum absolute atomic E-state index is 13.5. The minimum atomic E-state index is -4.04. The van der Waals surface area contributed by atoms with Crippen LogP contribution in [-0.2, 0) is 26.5 Å². The zero-order valence-corrected chi connectivity index (χ0v) is 19.9. The molecule has 10 heteroatoms. The Morgan fingerprint density at radius 3 is 2.17 bits per heavy atom. The van der Waals surface area contributed by atoms with E-state index in [-0.39, 0.29) is 28.7 Å². The van der Waals surface area contributed by atoms with E-state index in [1.807, 2.05) is 0 Å².